The van der Waals surface area contributed by atoms with Gasteiger partial charge in [0.25, 0.3) is 0 Å². The van der Waals surface area contributed by atoms with Crippen molar-refractivity contribution in [3.05, 3.63) is 29.8 Å². The number of nitrogens with one attached hydrogen (secondary N) is 1. The Hall–Kier alpha value is -1.93. The topological polar surface area (TPSA) is 92.8 Å². The summed E-state index contributed by atoms with van der Waals surface area (Å²) >= 11 is 0. The summed E-state index contributed by atoms with van der Waals surface area (Å²) in [6.07, 6.45) is 2.43. The summed E-state index contributed by atoms with van der Waals surface area (Å²) in [7, 11) is -2.01. The molecule has 8 heteroatoms. The van der Waals surface area contributed by atoms with Gasteiger partial charge in [0.15, 0.2) is 0 Å². The molecule has 1 fully saturated rings. The number of esters is 1. The van der Waals surface area contributed by atoms with Crippen LogP contribution in [0, 0.1) is 5.92 Å². The molecular weight excluding hydrogens is 320 g/mol. The molecule has 1 heterocycles. The maximum atomic E-state index is 12.3. The molecule has 0 unspecified atom stereocenters. The quantitative estimate of drug-likeness (QED) is 0.828. The van der Waals surface area contributed by atoms with E-state index in [1.54, 1.807) is 18.2 Å². The molecule has 0 aliphatic carbocycles. The van der Waals surface area contributed by atoms with Crippen LogP contribution in [0.2, 0.25) is 0 Å². The third-order valence-electron chi connectivity index (χ3n) is 3.78. The van der Waals surface area contributed by atoms with Crippen LogP contribution in [0.4, 0.5) is 5.69 Å². The number of anilines is 1. The number of carbonyl (C=O) groups is 2. The van der Waals surface area contributed by atoms with Crippen LogP contribution >= 0.6 is 0 Å². The van der Waals surface area contributed by atoms with Gasteiger partial charge in [0.2, 0.25) is 15.9 Å². The Morgan fingerprint density at radius 1 is 1.35 bits per heavy atom. The number of hydrogen-bond donors (Lipinski definition) is 1. The summed E-state index contributed by atoms with van der Waals surface area (Å²) in [6, 6.07) is 6.43. The predicted molar refractivity (Wildman–Crippen MR) is 85.6 cm³/mol. The van der Waals surface area contributed by atoms with Gasteiger partial charge in [-0.05, 0) is 31.0 Å². The van der Waals surface area contributed by atoms with Crippen LogP contribution in [0.5, 0.6) is 0 Å². The van der Waals surface area contributed by atoms with E-state index in [9.17, 15) is 18.0 Å². The molecule has 1 saturated heterocycles. The smallest absolute Gasteiger partial charge is 0.337 e. The number of methoxy groups -OCH3 is 1. The maximum Gasteiger partial charge on any atom is 0.337 e. The van der Waals surface area contributed by atoms with Gasteiger partial charge in [0.1, 0.15) is 0 Å². The van der Waals surface area contributed by atoms with E-state index < -0.39 is 21.9 Å². The minimum Gasteiger partial charge on any atom is -0.465 e. The third-order valence-corrected chi connectivity index (χ3v) is 5.04. The molecule has 1 aliphatic heterocycles. The largest absolute Gasteiger partial charge is 0.465 e. The van der Waals surface area contributed by atoms with E-state index in [0.717, 1.165) is 6.26 Å². The molecule has 2 rings (SSSR count). The Bertz CT molecular complexity index is 702. The average Bonchev–Trinajstić information content (AvgIpc) is 2.53. The highest BCUT2D eigenvalue weighted by atomic mass is 32.2. The Kier molecular flexibility index (Phi) is 5.38. The number of ether oxygens (including phenoxy) is 1. The van der Waals surface area contributed by atoms with Crippen LogP contribution in [-0.2, 0) is 19.6 Å². The Morgan fingerprint density at radius 3 is 2.74 bits per heavy atom. The van der Waals surface area contributed by atoms with Gasteiger partial charge in [-0.1, -0.05) is 6.07 Å². The zero-order valence-electron chi connectivity index (χ0n) is 13.1. The Balaban J connectivity index is 2.06. The number of nitrogens with zero attached hydrogens (tertiary/aromatic N) is 1. The molecular formula is C15H20N2O5S. The fourth-order valence-corrected chi connectivity index (χ4v) is 3.46. The van der Waals surface area contributed by atoms with Crippen molar-refractivity contribution in [2.75, 3.05) is 31.8 Å². The summed E-state index contributed by atoms with van der Waals surface area (Å²) < 4.78 is 29.2. The van der Waals surface area contributed by atoms with Gasteiger partial charge < -0.3 is 10.1 Å². The number of piperidine rings is 1. The minimum absolute atomic E-state index is 0.182. The number of hydrogen-bond acceptors (Lipinski definition) is 5. The van der Waals surface area contributed by atoms with Crippen molar-refractivity contribution >= 4 is 27.6 Å². The Morgan fingerprint density at radius 2 is 2.09 bits per heavy atom. The molecule has 0 aromatic heterocycles. The fourth-order valence-electron chi connectivity index (χ4n) is 2.54. The van der Waals surface area contributed by atoms with Crippen LogP contribution in [-0.4, -0.2) is 51.1 Å². The number of amides is 1. The molecule has 0 radical (unpaired) electrons. The average molecular weight is 340 g/mol. The van der Waals surface area contributed by atoms with Gasteiger partial charge >= 0.3 is 5.97 Å². The number of sulfonamides is 1. The van der Waals surface area contributed by atoms with E-state index in [0.29, 0.717) is 30.6 Å². The standard InChI is InChI=1S/C15H20N2O5S/c1-22-15(19)11-5-3-7-13(9-11)16-14(18)12-6-4-8-17(10-12)23(2,20)21/h3,5,7,9,12H,4,6,8,10H2,1-2H3,(H,16,18)/t12-/m0/s1. The van der Waals surface area contributed by atoms with Crippen molar-refractivity contribution in [2.24, 2.45) is 5.92 Å². The van der Waals surface area contributed by atoms with E-state index in [1.165, 1.54) is 17.5 Å². The number of carbonyl (C=O) groups excluding carboxylic acids is 2. The minimum atomic E-state index is -3.29. The van der Waals surface area contributed by atoms with Gasteiger partial charge in [-0.3, -0.25) is 4.79 Å². The fraction of sp³-hybridized carbons (Fsp3) is 0.467. The van der Waals surface area contributed by atoms with Crippen LogP contribution in [0.25, 0.3) is 0 Å². The van der Waals surface area contributed by atoms with Crippen LogP contribution in [0.3, 0.4) is 0 Å². The van der Waals surface area contributed by atoms with Crippen molar-refractivity contribution in [2.45, 2.75) is 12.8 Å². The molecule has 1 aromatic rings. The number of rotatable bonds is 4. The first-order chi connectivity index (χ1) is 10.8. The maximum absolute atomic E-state index is 12.3. The Labute approximate surface area is 135 Å². The second-order valence-corrected chi connectivity index (χ2v) is 7.50. The van der Waals surface area contributed by atoms with Gasteiger partial charge in [0, 0.05) is 18.8 Å². The molecule has 1 N–H and O–H groups in total. The monoisotopic (exact) mass is 340 g/mol. The molecule has 1 amide bonds. The molecule has 126 valence electrons. The van der Waals surface area contributed by atoms with Crippen molar-refractivity contribution < 1.29 is 22.7 Å². The second-order valence-electron chi connectivity index (χ2n) is 5.52. The van der Waals surface area contributed by atoms with Crippen LogP contribution in [0.1, 0.15) is 23.2 Å². The molecule has 1 aromatic carbocycles. The summed E-state index contributed by atoms with van der Waals surface area (Å²) in [5.74, 6) is -1.14. The van der Waals surface area contributed by atoms with Gasteiger partial charge in [-0.25, -0.2) is 17.5 Å². The predicted octanol–water partition coefficient (Wildman–Crippen LogP) is 1.08. The first kappa shape index (κ1) is 17.4. The number of benzene rings is 1. The molecule has 1 aliphatic rings. The highest BCUT2D eigenvalue weighted by molar-refractivity contribution is 7.88. The summed E-state index contributed by atoms with van der Waals surface area (Å²) in [5.41, 5.74) is 0.820. The van der Waals surface area contributed by atoms with Gasteiger partial charge in [-0.15, -0.1) is 0 Å². The van der Waals surface area contributed by atoms with Crippen molar-refractivity contribution in [3.63, 3.8) is 0 Å². The summed E-state index contributed by atoms with van der Waals surface area (Å²) in [4.78, 5) is 23.8. The molecule has 0 bridgehead atoms. The lowest BCUT2D eigenvalue weighted by Gasteiger charge is -2.30. The summed E-state index contributed by atoms with van der Waals surface area (Å²) in [5, 5.41) is 2.73. The highest BCUT2D eigenvalue weighted by Crippen LogP contribution is 2.21. The molecule has 0 saturated carbocycles. The van der Waals surface area contributed by atoms with Crippen LogP contribution < -0.4 is 5.32 Å². The van der Waals surface area contributed by atoms with E-state index in [1.807, 2.05) is 0 Å². The van der Waals surface area contributed by atoms with E-state index in [4.69, 9.17) is 0 Å². The van der Waals surface area contributed by atoms with E-state index in [2.05, 4.69) is 10.1 Å². The lowest BCUT2D eigenvalue weighted by molar-refractivity contribution is -0.120. The highest BCUT2D eigenvalue weighted by Gasteiger charge is 2.30. The van der Waals surface area contributed by atoms with Crippen molar-refractivity contribution in [1.82, 2.24) is 4.31 Å². The van der Waals surface area contributed by atoms with E-state index >= 15 is 0 Å². The van der Waals surface area contributed by atoms with Gasteiger partial charge in [0.05, 0.1) is 24.8 Å². The zero-order valence-corrected chi connectivity index (χ0v) is 13.9. The first-order valence-electron chi connectivity index (χ1n) is 7.25. The molecule has 1 atom stereocenters. The van der Waals surface area contributed by atoms with Crippen LogP contribution in [0.15, 0.2) is 24.3 Å². The molecule has 7 nitrogen and oxygen atoms in total. The van der Waals surface area contributed by atoms with Gasteiger partial charge in [-0.2, -0.15) is 0 Å². The normalized spacial score (nSPS) is 19.1. The second kappa shape index (κ2) is 7.10. The molecule has 0 spiro atoms. The van der Waals surface area contributed by atoms with Crippen molar-refractivity contribution in [3.8, 4) is 0 Å². The van der Waals surface area contributed by atoms with Crippen molar-refractivity contribution in [1.29, 1.82) is 0 Å². The lowest BCUT2D eigenvalue weighted by atomic mass is 9.98. The summed E-state index contributed by atoms with van der Waals surface area (Å²) in [6.45, 7) is 0.627. The lowest BCUT2D eigenvalue weighted by Crippen LogP contribution is -2.43. The molecule has 23 heavy (non-hydrogen) atoms. The zero-order chi connectivity index (χ0) is 17.0. The SMILES string of the molecule is COC(=O)c1cccc(NC(=O)[C@H]2CCCN(S(C)(=O)=O)C2)c1. The van der Waals surface area contributed by atoms with E-state index in [-0.39, 0.29) is 12.5 Å². The third kappa shape index (κ3) is 4.52. The first-order valence-corrected chi connectivity index (χ1v) is 9.10.